The summed E-state index contributed by atoms with van der Waals surface area (Å²) in [5, 5.41) is 4.96. The first-order chi connectivity index (χ1) is 27.2. The highest BCUT2D eigenvalue weighted by Crippen LogP contribution is 2.45. The molecular formula is C51H34FN3. The molecule has 0 fully saturated rings. The van der Waals surface area contributed by atoms with Gasteiger partial charge in [-0.3, -0.25) is 4.98 Å². The maximum Gasteiger partial charge on any atom is 0.148 e. The van der Waals surface area contributed by atoms with E-state index in [-0.39, 0.29) is 5.82 Å². The lowest BCUT2D eigenvalue weighted by atomic mass is 9.95. The first-order valence-electron chi connectivity index (χ1n) is 18.5. The lowest BCUT2D eigenvalue weighted by Crippen LogP contribution is -2.13. The molecule has 2 aromatic heterocycles. The number of pyridine rings is 1. The van der Waals surface area contributed by atoms with E-state index in [0.29, 0.717) is 5.69 Å². The average molecular weight is 708 g/mol. The average Bonchev–Trinajstić information content (AvgIpc) is 3.60. The molecule has 0 unspecified atom stereocenters. The van der Waals surface area contributed by atoms with E-state index >= 15 is 4.39 Å². The van der Waals surface area contributed by atoms with E-state index < -0.39 is 0 Å². The summed E-state index contributed by atoms with van der Waals surface area (Å²) in [7, 11) is 0. The summed E-state index contributed by atoms with van der Waals surface area (Å²) in [5.74, 6) is -0.293. The lowest BCUT2D eigenvalue weighted by molar-refractivity contribution is 0.630. The van der Waals surface area contributed by atoms with Gasteiger partial charge in [0.15, 0.2) is 0 Å². The Morgan fingerprint density at radius 1 is 0.509 bits per heavy atom. The molecular weight excluding hydrogens is 674 g/mol. The SMILES string of the molecule is Fc1cc(-c2ccccc2)cc(-c2ccccc2)c1N(c1ccccc1)c1ccc(C=Cc2ccc3c4c2ccc2cccc(c24)n3-c2ccncc2)cc1. The van der Waals surface area contributed by atoms with Crippen LogP contribution in [0.25, 0.3) is 72.7 Å². The quantitative estimate of drug-likeness (QED) is 0.116. The maximum atomic E-state index is 16.8. The Bertz CT molecular complexity index is 2950. The molecule has 0 N–H and O–H groups in total. The zero-order valence-corrected chi connectivity index (χ0v) is 29.8. The molecule has 10 aromatic rings. The van der Waals surface area contributed by atoms with Crippen LogP contribution in [0.3, 0.4) is 0 Å². The highest BCUT2D eigenvalue weighted by Gasteiger charge is 2.23. The Kier molecular flexibility index (Phi) is 8.00. The van der Waals surface area contributed by atoms with Crippen molar-refractivity contribution in [3.8, 4) is 27.9 Å². The zero-order valence-electron chi connectivity index (χ0n) is 29.8. The molecule has 0 aliphatic carbocycles. The molecule has 0 atom stereocenters. The van der Waals surface area contributed by atoms with Gasteiger partial charge in [-0.15, -0.1) is 0 Å². The summed E-state index contributed by atoms with van der Waals surface area (Å²) >= 11 is 0. The van der Waals surface area contributed by atoms with Crippen molar-refractivity contribution >= 4 is 61.8 Å². The minimum absolute atomic E-state index is 0.293. The van der Waals surface area contributed by atoms with Crippen LogP contribution in [0.2, 0.25) is 0 Å². The third-order valence-electron chi connectivity index (χ3n) is 10.5. The fraction of sp³-hybridized carbons (Fsp3) is 0. The van der Waals surface area contributed by atoms with Gasteiger partial charge in [0.05, 0.1) is 16.7 Å². The number of benzene rings is 8. The predicted molar refractivity (Wildman–Crippen MR) is 228 cm³/mol. The van der Waals surface area contributed by atoms with E-state index in [1.54, 1.807) is 6.07 Å². The molecule has 0 aliphatic heterocycles. The third kappa shape index (κ3) is 5.72. The minimum atomic E-state index is -0.293. The molecule has 0 saturated carbocycles. The summed E-state index contributed by atoms with van der Waals surface area (Å²) in [4.78, 5) is 6.28. The van der Waals surface area contributed by atoms with Gasteiger partial charge in [0.25, 0.3) is 0 Å². The van der Waals surface area contributed by atoms with Crippen LogP contribution in [0.5, 0.6) is 0 Å². The molecule has 0 spiro atoms. The summed E-state index contributed by atoms with van der Waals surface area (Å²) in [6.07, 6.45) is 8.04. The zero-order chi connectivity index (χ0) is 36.7. The second-order valence-corrected chi connectivity index (χ2v) is 13.8. The molecule has 8 aromatic carbocycles. The van der Waals surface area contributed by atoms with E-state index in [1.807, 2.05) is 108 Å². The van der Waals surface area contributed by atoms with Crippen molar-refractivity contribution in [3.63, 3.8) is 0 Å². The number of nitrogens with zero attached hydrogens (tertiary/aromatic N) is 3. The van der Waals surface area contributed by atoms with Gasteiger partial charge in [-0.05, 0) is 99.3 Å². The van der Waals surface area contributed by atoms with Crippen molar-refractivity contribution < 1.29 is 4.39 Å². The van der Waals surface area contributed by atoms with Crippen LogP contribution in [-0.4, -0.2) is 9.55 Å². The first kappa shape index (κ1) is 32.4. The lowest BCUT2D eigenvalue weighted by Gasteiger charge is -2.29. The number of halogens is 1. The molecule has 55 heavy (non-hydrogen) atoms. The Balaban J connectivity index is 1.06. The molecule has 0 amide bonds. The van der Waals surface area contributed by atoms with Crippen LogP contribution in [0, 0.1) is 5.82 Å². The van der Waals surface area contributed by atoms with Gasteiger partial charge >= 0.3 is 0 Å². The van der Waals surface area contributed by atoms with Gasteiger partial charge < -0.3 is 9.47 Å². The van der Waals surface area contributed by atoms with Crippen molar-refractivity contribution in [1.82, 2.24) is 9.55 Å². The van der Waals surface area contributed by atoms with Crippen LogP contribution in [0.15, 0.2) is 194 Å². The number of para-hydroxylation sites is 1. The number of rotatable bonds is 8. The van der Waals surface area contributed by atoms with Gasteiger partial charge in [-0.1, -0.05) is 133 Å². The molecule has 4 heteroatoms. The van der Waals surface area contributed by atoms with Crippen molar-refractivity contribution in [2.75, 3.05) is 4.90 Å². The van der Waals surface area contributed by atoms with E-state index in [0.717, 1.165) is 50.4 Å². The van der Waals surface area contributed by atoms with Crippen LogP contribution in [0.1, 0.15) is 11.1 Å². The van der Waals surface area contributed by atoms with E-state index in [9.17, 15) is 0 Å². The standard InChI is InChI=1S/C51H34FN3/c52-46-34-40(36-11-4-1-5-12-36)33-45(37-13-6-2-7-14-37)51(46)54(41-16-8-3-9-17-41)42-25-20-35(21-26-42)19-22-38-24-28-48-50-44(38)27-23-39-15-10-18-47(49(39)50)55(48)43-29-31-53-32-30-43/h1-34H. The number of aromatic nitrogens is 2. The molecule has 0 aliphatic rings. The van der Waals surface area contributed by atoms with Gasteiger partial charge in [0.2, 0.25) is 0 Å². The van der Waals surface area contributed by atoms with Crippen molar-refractivity contribution in [2.45, 2.75) is 0 Å². The smallest absolute Gasteiger partial charge is 0.148 e. The Morgan fingerprint density at radius 3 is 1.93 bits per heavy atom. The Hall–Kier alpha value is -7.30. The number of anilines is 3. The van der Waals surface area contributed by atoms with E-state index in [4.69, 9.17) is 0 Å². The second kappa shape index (κ2) is 13.6. The summed E-state index contributed by atoms with van der Waals surface area (Å²) in [5.41, 5.74) is 11.5. The van der Waals surface area contributed by atoms with E-state index in [1.165, 1.54) is 32.6 Å². The van der Waals surface area contributed by atoms with Gasteiger partial charge in [0.1, 0.15) is 5.82 Å². The highest BCUT2D eigenvalue weighted by atomic mass is 19.1. The minimum Gasteiger partial charge on any atom is -0.309 e. The monoisotopic (exact) mass is 707 g/mol. The normalized spacial score (nSPS) is 11.7. The third-order valence-corrected chi connectivity index (χ3v) is 10.5. The first-order valence-corrected chi connectivity index (χ1v) is 18.5. The fourth-order valence-electron chi connectivity index (χ4n) is 7.99. The Labute approximate surface area is 318 Å². The topological polar surface area (TPSA) is 21.1 Å². The molecule has 3 nitrogen and oxygen atoms in total. The maximum absolute atomic E-state index is 16.8. The van der Waals surface area contributed by atoms with Crippen LogP contribution >= 0.6 is 0 Å². The largest absolute Gasteiger partial charge is 0.309 e. The molecule has 2 heterocycles. The molecule has 0 radical (unpaired) electrons. The van der Waals surface area contributed by atoms with Gasteiger partial charge in [-0.25, -0.2) is 4.39 Å². The van der Waals surface area contributed by atoms with Gasteiger partial charge in [-0.2, -0.15) is 0 Å². The second-order valence-electron chi connectivity index (χ2n) is 13.8. The molecule has 260 valence electrons. The number of hydrogen-bond donors (Lipinski definition) is 0. The van der Waals surface area contributed by atoms with Gasteiger partial charge in [0, 0.05) is 45.8 Å². The van der Waals surface area contributed by atoms with Crippen molar-refractivity contribution in [2.24, 2.45) is 0 Å². The summed E-state index contributed by atoms with van der Waals surface area (Å²) in [6, 6.07) is 61.7. The van der Waals surface area contributed by atoms with E-state index in [2.05, 4.69) is 107 Å². The van der Waals surface area contributed by atoms with Crippen LogP contribution in [0.4, 0.5) is 21.5 Å². The van der Waals surface area contributed by atoms with Crippen LogP contribution in [-0.2, 0) is 0 Å². The molecule has 0 bridgehead atoms. The van der Waals surface area contributed by atoms with Crippen molar-refractivity contribution in [3.05, 3.63) is 211 Å². The summed E-state index contributed by atoms with van der Waals surface area (Å²) < 4.78 is 19.1. The molecule has 0 saturated heterocycles. The Morgan fingerprint density at radius 2 is 1.18 bits per heavy atom. The fourth-order valence-corrected chi connectivity index (χ4v) is 7.99. The van der Waals surface area contributed by atoms with Crippen molar-refractivity contribution in [1.29, 1.82) is 0 Å². The number of hydrogen-bond acceptors (Lipinski definition) is 2. The van der Waals surface area contributed by atoms with Crippen LogP contribution < -0.4 is 4.90 Å². The predicted octanol–water partition coefficient (Wildman–Crippen LogP) is 13.9. The molecule has 10 rings (SSSR count). The highest BCUT2D eigenvalue weighted by molar-refractivity contribution is 6.25. The summed E-state index contributed by atoms with van der Waals surface area (Å²) in [6.45, 7) is 0.